The maximum absolute atomic E-state index is 12.3. The zero-order chi connectivity index (χ0) is 16.8. The van der Waals surface area contributed by atoms with Crippen LogP contribution in [0.1, 0.15) is 19.4 Å². The molecule has 0 saturated carbocycles. The van der Waals surface area contributed by atoms with E-state index in [-0.39, 0.29) is 18.3 Å². The summed E-state index contributed by atoms with van der Waals surface area (Å²) in [6.07, 6.45) is -0.397. The van der Waals surface area contributed by atoms with E-state index in [0.717, 1.165) is 5.56 Å². The molecule has 2 rings (SSSR count). The summed E-state index contributed by atoms with van der Waals surface area (Å²) in [7, 11) is 0. The molecule has 1 aromatic carbocycles. The van der Waals surface area contributed by atoms with Gasteiger partial charge in [-0.2, -0.15) is 0 Å². The monoisotopic (exact) mass is 319 g/mol. The summed E-state index contributed by atoms with van der Waals surface area (Å²) >= 11 is 0. The molecule has 23 heavy (non-hydrogen) atoms. The number of carbonyl (C=O) groups is 2. The third-order valence-corrected chi connectivity index (χ3v) is 4.03. The van der Waals surface area contributed by atoms with E-state index in [1.54, 1.807) is 4.90 Å². The van der Waals surface area contributed by atoms with Gasteiger partial charge in [-0.1, -0.05) is 44.2 Å². The van der Waals surface area contributed by atoms with Crippen molar-refractivity contribution in [3.8, 4) is 0 Å². The van der Waals surface area contributed by atoms with Crippen molar-refractivity contribution in [2.45, 2.75) is 32.5 Å². The van der Waals surface area contributed by atoms with Crippen LogP contribution < -0.4 is 11.1 Å². The standard InChI is InChI=1S/C17H25N3O3/c1-12(2)15(18)16(21)14-10-20(9-8-19-14)17(22)23-11-13-6-4-3-5-7-13/h3-7,12,14-15,19H,8-11,18H2,1-2H3/t14?,15-/m0/s1. The largest absolute Gasteiger partial charge is 0.445 e. The van der Waals surface area contributed by atoms with Gasteiger partial charge in [0, 0.05) is 19.6 Å². The molecule has 6 nitrogen and oxygen atoms in total. The van der Waals surface area contributed by atoms with Gasteiger partial charge in [0.2, 0.25) is 0 Å². The Kier molecular flexibility index (Phi) is 6.12. The topological polar surface area (TPSA) is 84.7 Å². The minimum atomic E-state index is -0.521. The van der Waals surface area contributed by atoms with E-state index in [4.69, 9.17) is 10.5 Å². The minimum absolute atomic E-state index is 0.0550. The van der Waals surface area contributed by atoms with Crippen molar-refractivity contribution < 1.29 is 14.3 Å². The first-order valence-corrected chi connectivity index (χ1v) is 7.97. The molecule has 1 heterocycles. The van der Waals surface area contributed by atoms with E-state index in [2.05, 4.69) is 5.32 Å². The Labute approximate surface area is 137 Å². The molecule has 6 heteroatoms. The number of hydrogen-bond donors (Lipinski definition) is 2. The van der Waals surface area contributed by atoms with Gasteiger partial charge >= 0.3 is 6.09 Å². The number of carbonyl (C=O) groups excluding carboxylic acids is 2. The van der Waals surface area contributed by atoms with Crippen LogP contribution in [0.3, 0.4) is 0 Å². The molecular weight excluding hydrogens is 294 g/mol. The van der Waals surface area contributed by atoms with Crippen molar-refractivity contribution >= 4 is 11.9 Å². The number of nitrogens with zero attached hydrogens (tertiary/aromatic N) is 1. The molecule has 0 aromatic heterocycles. The molecule has 1 amide bonds. The molecule has 3 N–H and O–H groups in total. The lowest BCUT2D eigenvalue weighted by Crippen LogP contribution is -2.59. The average Bonchev–Trinajstić information content (AvgIpc) is 2.59. The van der Waals surface area contributed by atoms with Crippen LogP contribution in [-0.2, 0) is 16.1 Å². The van der Waals surface area contributed by atoms with Crippen molar-refractivity contribution in [3.05, 3.63) is 35.9 Å². The van der Waals surface area contributed by atoms with Crippen LogP contribution in [0.15, 0.2) is 30.3 Å². The number of hydrogen-bond acceptors (Lipinski definition) is 5. The van der Waals surface area contributed by atoms with E-state index >= 15 is 0 Å². The third-order valence-electron chi connectivity index (χ3n) is 4.03. The third kappa shape index (κ3) is 4.77. The summed E-state index contributed by atoms with van der Waals surface area (Å²) in [5, 5.41) is 3.13. The Morgan fingerprint density at radius 1 is 1.35 bits per heavy atom. The maximum Gasteiger partial charge on any atom is 0.410 e. The van der Waals surface area contributed by atoms with Crippen molar-refractivity contribution in [2.24, 2.45) is 11.7 Å². The van der Waals surface area contributed by atoms with Crippen molar-refractivity contribution in [1.29, 1.82) is 0 Å². The fourth-order valence-electron chi connectivity index (χ4n) is 2.48. The molecular formula is C17H25N3O3. The van der Waals surface area contributed by atoms with Gasteiger partial charge in [-0.15, -0.1) is 0 Å². The smallest absolute Gasteiger partial charge is 0.410 e. The van der Waals surface area contributed by atoms with Gasteiger partial charge in [0.15, 0.2) is 5.78 Å². The second-order valence-corrected chi connectivity index (χ2v) is 6.17. The first-order valence-electron chi connectivity index (χ1n) is 7.97. The number of rotatable bonds is 5. The van der Waals surface area contributed by atoms with Crippen LogP contribution in [0.4, 0.5) is 4.79 Å². The molecule has 2 atom stereocenters. The highest BCUT2D eigenvalue weighted by Gasteiger charge is 2.32. The zero-order valence-corrected chi connectivity index (χ0v) is 13.7. The second kappa shape index (κ2) is 8.08. The van der Waals surface area contributed by atoms with Gasteiger partial charge in [0.05, 0.1) is 12.1 Å². The highest BCUT2D eigenvalue weighted by atomic mass is 16.6. The van der Waals surface area contributed by atoms with Crippen molar-refractivity contribution in [1.82, 2.24) is 10.2 Å². The van der Waals surface area contributed by atoms with Crippen LogP contribution in [0, 0.1) is 5.92 Å². The predicted molar refractivity (Wildman–Crippen MR) is 87.8 cm³/mol. The fourth-order valence-corrected chi connectivity index (χ4v) is 2.48. The highest BCUT2D eigenvalue weighted by Crippen LogP contribution is 2.09. The molecule has 1 aliphatic heterocycles. The summed E-state index contributed by atoms with van der Waals surface area (Å²) in [6.45, 7) is 5.44. The molecule has 1 saturated heterocycles. The van der Waals surface area contributed by atoms with Crippen LogP contribution >= 0.6 is 0 Å². The molecule has 0 spiro atoms. The maximum atomic E-state index is 12.3. The van der Waals surface area contributed by atoms with Gasteiger partial charge in [0.1, 0.15) is 6.61 Å². The number of amides is 1. The summed E-state index contributed by atoms with van der Waals surface area (Å²) in [5.41, 5.74) is 6.86. The predicted octanol–water partition coefficient (Wildman–Crippen LogP) is 1.15. The summed E-state index contributed by atoms with van der Waals surface area (Å²) in [4.78, 5) is 26.1. The molecule has 0 bridgehead atoms. The molecule has 1 unspecified atom stereocenters. The Balaban J connectivity index is 1.87. The fraction of sp³-hybridized carbons (Fsp3) is 0.529. The van der Waals surface area contributed by atoms with Crippen LogP contribution in [0.2, 0.25) is 0 Å². The second-order valence-electron chi connectivity index (χ2n) is 6.17. The van der Waals surface area contributed by atoms with Crippen molar-refractivity contribution in [2.75, 3.05) is 19.6 Å². The van der Waals surface area contributed by atoms with Crippen LogP contribution in [-0.4, -0.2) is 48.5 Å². The van der Waals surface area contributed by atoms with E-state index < -0.39 is 18.2 Å². The number of nitrogens with one attached hydrogen (secondary N) is 1. The lowest BCUT2D eigenvalue weighted by atomic mass is 9.95. The Hall–Kier alpha value is -1.92. The number of piperazine rings is 1. The van der Waals surface area contributed by atoms with Crippen LogP contribution in [0.25, 0.3) is 0 Å². The molecule has 1 aliphatic rings. The van der Waals surface area contributed by atoms with Gasteiger partial charge in [0.25, 0.3) is 0 Å². The Morgan fingerprint density at radius 2 is 2.04 bits per heavy atom. The molecule has 1 aromatic rings. The quantitative estimate of drug-likeness (QED) is 0.850. The first-order chi connectivity index (χ1) is 11.0. The number of benzene rings is 1. The summed E-state index contributed by atoms with van der Waals surface area (Å²) in [6, 6.07) is 8.57. The summed E-state index contributed by atoms with van der Waals surface area (Å²) < 4.78 is 5.32. The highest BCUT2D eigenvalue weighted by molar-refractivity contribution is 5.89. The Bertz CT molecular complexity index is 533. The molecule has 0 aliphatic carbocycles. The number of ketones is 1. The summed E-state index contributed by atoms with van der Waals surface area (Å²) in [5.74, 6) is 0.0188. The number of nitrogens with two attached hydrogens (primary N) is 1. The van der Waals surface area contributed by atoms with E-state index in [9.17, 15) is 9.59 Å². The van der Waals surface area contributed by atoms with Gasteiger partial charge in [-0.25, -0.2) is 4.79 Å². The Morgan fingerprint density at radius 3 is 2.70 bits per heavy atom. The van der Waals surface area contributed by atoms with Gasteiger partial charge in [-0.3, -0.25) is 4.79 Å². The van der Waals surface area contributed by atoms with Crippen molar-refractivity contribution in [3.63, 3.8) is 0 Å². The number of ether oxygens (including phenoxy) is 1. The first kappa shape index (κ1) is 17.4. The molecule has 0 radical (unpaired) electrons. The lowest BCUT2D eigenvalue weighted by molar-refractivity contribution is -0.124. The van der Waals surface area contributed by atoms with E-state index in [1.807, 2.05) is 44.2 Å². The van der Waals surface area contributed by atoms with E-state index in [1.165, 1.54) is 0 Å². The average molecular weight is 319 g/mol. The van der Waals surface area contributed by atoms with Gasteiger partial charge < -0.3 is 20.7 Å². The molecule has 126 valence electrons. The SMILES string of the molecule is CC(C)[C@H](N)C(=O)C1CN(C(=O)OCc2ccccc2)CCN1. The van der Waals surface area contributed by atoms with Gasteiger partial charge in [-0.05, 0) is 11.5 Å². The zero-order valence-electron chi connectivity index (χ0n) is 13.7. The van der Waals surface area contributed by atoms with E-state index in [0.29, 0.717) is 19.6 Å². The normalized spacial score (nSPS) is 19.5. The van der Waals surface area contributed by atoms with Crippen LogP contribution in [0.5, 0.6) is 0 Å². The minimum Gasteiger partial charge on any atom is -0.445 e. The number of Topliss-reactive ketones (excluding diaryl/α,β-unsaturated/α-hetero) is 1. The lowest BCUT2D eigenvalue weighted by Gasteiger charge is -2.33. The molecule has 1 fully saturated rings.